The molecule has 0 saturated heterocycles. The third-order valence-electron chi connectivity index (χ3n) is 3.45. The van der Waals surface area contributed by atoms with Crippen LogP contribution < -0.4 is 5.32 Å². The molecule has 1 saturated carbocycles. The van der Waals surface area contributed by atoms with Gasteiger partial charge in [0.25, 0.3) is 0 Å². The zero-order valence-electron chi connectivity index (χ0n) is 9.11. The lowest BCUT2D eigenvalue weighted by Crippen LogP contribution is -2.28. The number of hydrogen-bond acceptors (Lipinski definition) is 3. The van der Waals surface area contributed by atoms with Gasteiger partial charge in [-0.25, -0.2) is 0 Å². The highest BCUT2D eigenvalue weighted by Gasteiger charge is 2.32. The number of hydrogen-bond donors (Lipinski definition) is 1. The number of carbonyl (C=O) groups excluding carboxylic acids is 1. The standard InChI is InChI=1S/C13H15NO2/c15-13(16-9-4-3-5-9)11-8-14-12-7-2-1-6-10(11)12/h1-2,6-7,9,11,14H,3-5,8H2. The average Bonchev–Trinajstić information content (AvgIpc) is 2.67. The second kappa shape index (κ2) is 3.81. The van der Waals surface area contributed by atoms with Crippen molar-refractivity contribution >= 4 is 11.7 Å². The van der Waals surface area contributed by atoms with E-state index in [0.717, 1.165) is 24.1 Å². The molecule has 2 aliphatic rings. The van der Waals surface area contributed by atoms with Crippen LogP contribution in [-0.4, -0.2) is 18.6 Å². The van der Waals surface area contributed by atoms with Crippen LogP contribution in [0.5, 0.6) is 0 Å². The number of fused-ring (bicyclic) bond motifs is 1. The van der Waals surface area contributed by atoms with Crippen molar-refractivity contribution in [3.63, 3.8) is 0 Å². The van der Waals surface area contributed by atoms with Crippen LogP contribution in [0, 0.1) is 0 Å². The van der Waals surface area contributed by atoms with Gasteiger partial charge in [0.05, 0.1) is 0 Å². The number of anilines is 1. The summed E-state index contributed by atoms with van der Waals surface area (Å²) in [6, 6.07) is 7.95. The summed E-state index contributed by atoms with van der Waals surface area (Å²) in [6.45, 7) is 0.672. The Morgan fingerprint density at radius 1 is 1.31 bits per heavy atom. The number of esters is 1. The van der Waals surface area contributed by atoms with Crippen molar-refractivity contribution in [3.05, 3.63) is 29.8 Å². The summed E-state index contributed by atoms with van der Waals surface area (Å²) in [4.78, 5) is 11.9. The molecule has 3 rings (SSSR count). The molecule has 1 N–H and O–H groups in total. The SMILES string of the molecule is O=C(OC1CCC1)C1CNc2ccccc21. The number of para-hydroxylation sites is 1. The smallest absolute Gasteiger partial charge is 0.315 e. The molecular weight excluding hydrogens is 202 g/mol. The highest BCUT2D eigenvalue weighted by Crippen LogP contribution is 2.33. The fourth-order valence-corrected chi connectivity index (χ4v) is 2.23. The Morgan fingerprint density at radius 3 is 2.88 bits per heavy atom. The summed E-state index contributed by atoms with van der Waals surface area (Å²) in [5.74, 6) is -0.182. The minimum absolute atomic E-state index is 0.0675. The van der Waals surface area contributed by atoms with Gasteiger partial charge in [-0.3, -0.25) is 4.79 Å². The molecule has 0 radical (unpaired) electrons. The maximum Gasteiger partial charge on any atom is 0.315 e. The zero-order valence-corrected chi connectivity index (χ0v) is 9.11. The summed E-state index contributed by atoms with van der Waals surface area (Å²) in [7, 11) is 0. The summed E-state index contributed by atoms with van der Waals surface area (Å²) in [5, 5.41) is 3.24. The van der Waals surface area contributed by atoms with Crippen LogP contribution in [-0.2, 0) is 9.53 Å². The molecule has 1 aromatic carbocycles. The Bertz CT molecular complexity index is 412. The van der Waals surface area contributed by atoms with Gasteiger partial charge in [-0.05, 0) is 30.9 Å². The molecule has 0 amide bonds. The molecule has 1 aliphatic carbocycles. The first kappa shape index (κ1) is 9.70. The minimum atomic E-state index is -0.114. The molecule has 1 atom stereocenters. The summed E-state index contributed by atoms with van der Waals surface area (Å²) in [5.41, 5.74) is 2.14. The van der Waals surface area contributed by atoms with Crippen molar-refractivity contribution in [2.24, 2.45) is 0 Å². The van der Waals surface area contributed by atoms with Crippen LogP contribution in [0.3, 0.4) is 0 Å². The third kappa shape index (κ3) is 1.56. The van der Waals surface area contributed by atoms with Crippen LogP contribution in [0.2, 0.25) is 0 Å². The largest absolute Gasteiger partial charge is 0.462 e. The minimum Gasteiger partial charge on any atom is -0.462 e. The van der Waals surface area contributed by atoms with Gasteiger partial charge in [-0.15, -0.1) is 0 Å². The Morgan fingerprint density at radius 2 is 2.12 bits per heavy atom. The van der Waals surface area contributed by atoms with Crippen LogP contribution in [0.15, 0.2) is 24.3 Å². The van der Waals surface area contributed by atoms with Crippen molar-refractivity contribution in [1.29, 1.82) is 0 Å². The Balaban J connectivity index is 1.73. The molecule has 1 unspecified atom stereocenters. The first-order chi connectivity index (χ1) is 7.84. The highest BCUT2D eigenvalue weighted by molar-refractivity contribution is 5.84. The van der Waals surface area contributed by atoms with Gasteiger partial charge >= 0.3 is 5.97 Å². The molecule has 84 valence electrons. The van der Waals surface area contributed by atoms with Crippen molar-refractivity contribution in [2.75, 3.05) is 11.9 Å². The van der Waals surface area contributed by atoms with E-state index in [4.69, 9.17) is 4.74 Å². The molecule has 1 fully saturated rings. The van der Waals surface area contributed by atoms with Gasteiger partial charge in [0.1, 0.15) is 12.0 Å². The topological polar surface area (TPSA) is 38.3 Å². The van der Waals surface area contributed by atoms with Crippen LogP contribution in [0.1, 0.15) is 30.7 Å². The van der Waals surface area contributed by atoms with E-state index in [0.29, 0.717) is 6.54 Å². The Labute approximate surface area is 94.8 Å². The van der Waals surface area contributed by atoms with E-state index in [-0.39, 0.29) is 18.0 Å². The molecular formula is C13H15NO2. The maximum atomic E-state index is 11.9. The molecule has 1 aliphatic heterocycles. The van der Waals surface area contributed by atoms with Gasteiger partial charge in [-0.1, -0.05) is 18.2 Å². The van der Waals surface area contributed by atoms with Gasteiger partial charge in [0.15, 0.2) is 0 Å². The first-order valence-corrected chi connectivity index (χ1v) is 5.88. The molecule has 3 heteroatoms. The van der Waals surface area contributed by atoms with Crippen LogP contribution >= 0.6 is 0 Å². The van der Waals surface area contributed by atoms with E-state index in [2.05, 4.69) is 5.32 Å². The first-order valence-electron chi connectivity index (χ1n) is 5.88. The van der Waals surface area contributed by atoms with Gasteiger partial charge in [0, 0.05) is 12.2 Å². The predicted molar refractivity (Wildman–Crippen MR) is 61.4 cm³/mol. The molecule has 1 heterocycles. The van der Waals surface area contributed by atoms with E-state index in [1.165, 1.54) is 6.42 Å². The van der Waals surface area contributed by atoms with Crippen molar-refractivity contribution in [3.8, 4) is 0 Å². The lowest BCUT2D eigenvalue weighted by atomic mass is 9.95. The molecule has 0 bridgehead atoms. The average molecular weight is 217 g/mol. The number of nitrogens with one attached hydrogen (secondary N) is 1. The van der Waals surface area contributed by atoms with Crippen LogP contribution in [0.25, 0.3) is 0 Å². The molecule has 16 heavy (non-hydrogen) atoms. The predicted octanol–water partition coefficient (Wildman–Crippen LogP) is 2.29. The van der Waals surface area contributed by atoms with Gasteiger partial charge in [-0.2, -0.15) is 0 Å². The zero-order chi connectivity index (χ0) is 11.0. The van der Waals surface area contributed by atoms with Crippen molar-refractivity contribution in [1.82, 2.24) is 0 Å². The van der Waals surface area contributed by atoms with Gasteiger partial charge in [0.2, 0.25) is 0 Å². The Kier molecular flexibility index (Phi) is 2.31. The fraction of sp³-hybridized carbons (Fsp3) is 0.462. The second-order valence-electron chi connectivity index (χ2n) is 4.51. The number of rotatable bonds is 2. The fourth-order valence-electron chi connectivity index (χ4n) is 2.23. The van der Waals surface area contributed by atoms with E-state index in [1.807, 2.05) is 24.3 Å². The van der Waals surface area contributed by atoms with E-state index < -0.39 is 0 Å². The Hall–Kier alpha value is -1.51. The summed E-state index contributed by atoms with van der Waals surface area (Å²) in [6.07, 6.45) is 3.44. The molecule has 1 aromatic rings. The molecule has 0 aromatic heterocycles. The number of carbonyl (C=O) groups is 1. The highest BCUT2D eigenvalue weighted by atomic mass is 16.5. The lowest BCUT2D eigenvalue weighted by molar-refractivity contribution is -0.154. The third-order valence-corrected chi connectivity index (χ3v) is 3.45. The number of ether oxygens (including phenoxy) is 1. The molecule has 0 spiro atoms. The summed E-state index contributed by atoms with van der Waals surface area (Å²) >= 11 is 0. The maximum absolute atomic E-state index is 11.9. The van der Waals surface area contributed by atoms with Crippen LogP contribution in [0.4, 0.5) is 5.69 Å². The quantitative estimate of drug-likeness (QED) is 0.772. The number of benzene rings is 1. The second-order valence-corrected chi connectivity index (χ2v) is 4.51. The lowest BCUT2D eigenvalue weighted by Gasteiger charge is -2.26. The normalized spacial score (nSPS) is 23.1. The monoisotopic (exact) mass is 217 g/mol. The molecule has 3 nitrogen and oxygen atoms in total. The van der Waals surface area contributed by atoms with Crippen molar-refractivity contribution < 1.29 is 9.53 Å². The van der Waals surface area contributed by atoms with E-state index >= 15 is 0 Å². The van der Waals surface area contributed by atoms with Crippen molar-refractivity contribution in [2.45, 2.75) is 31.3 Å². The van der Waals surface area contributed by atoms with E-state index in [1.54, 1.807) is 0 Å². The van der Waals surface area contributed by atoms with Gasteiger partial charge < -0.3 is 10.1 Å². The summed E-state index contributed by atoms with van der Waals surface area (Å²) < 4.78 is 5.45. The van der Waals surface area contributed by atoms with E-state index in [9.17, 15) is 4.79 Å².